The van der Waals surface area contributed by atoms with Crippen molar-refractivity contribution in [1.29, 1.82) is 0 Å². The number of rotatable bonds is 2. The second kappa shape index (κ2) is 5.24. The van der Waals surface area contributed by atoms with E-state index < -0.39 is 0 Å². The zero-order chi connectivity index (χ0) is 15.9. The highest BCUT2D eigenvalue weighted by Gasteiger charge is 2.34. The van der Waals surface area contributed by atoms with Crippen LogP contribution >= 0.6 is 0 Å². The number of hydrogen-bond donors (Lipinski definition) is 0. The van der Waals surface area contributed by atoms with Gasteiger partial charge in [0.1, 0.15) is 5.75 Å². The van der Waals surface area contributed by atoms with E-state index in [1.165, 1.54) is 14.2 Å². The Morgan fingerprint density at radius 3 is 2.64 bits per heavy atom. The molecule has 6 heteroatoms. The molecule has 1 aromatic heterocycles. The lowest BCUT2D eigenvalue weighted by atomic mass is 9.86. The van der Waals surface area contributed by atoms with Gasteiger partial charge in [-0.25, -0.2) is 4.98 Å². The Morgan fingerprint density at radius 1 is 1.23 bits per heavy atom. The molecule has 1 heterocycles. The average molecular weight is 297 g/mol. The van der Waals surface area contributed by atoms with E-state index in [9.17, 15) is 4.79 Å². The van der Waals surface area contributed by atoms with Crippen LogP contribution in [0.1, 0.15) is 28.0 Å². The van der Waals surface area contributed by atoms with E-state index in [1.54, 1.807) is 0 Å². The lowest BCUT2D eigenvalue weighted by Gasteiger charge is -2.19. The monoisotopic (exact) mass is 297 g/mol. The van der Waals surface area contributed by atoms with Crippen LogP contribution in [0.5, 0.6) is 11.6 Å². The van der Waals surface area contributed by atoms with Gasteiger partial charge in [0.05, 0.1) is 31.6 Å². The van der Waals surface area contributed by atoms with Gasteiger partial charge in [-0.15, -0.1) is 0 Å². The number of hydrogen-bond acceptors (Lipinski definition) is 4. The van der Waals surface area contributed by atoms with Gasteiger partial charge in [-0.3, -0.25) is 4.79 Å². The molecule has 0 bridgehead atoms. The van der Waals surface area contributed by atoms with Crippen LogP contribution < -0.4 is 9.47 Å². The number of Topliss-reactive ketones (excluding diaryl/α,β-unsaturated/α-hetero) is 1. The number of fused-ring (bicyclic) bond motifs is 2. The minimum Gasteiger partial charge on any atom is -0.495 e. The van der Waals surface area contributed by atoms with E-state index in [-0.39, 0.29) is 11.5 Å². The molecule has 0 saturated carbocycles. The topological polar surface area (TPSA) is 84.8 Å². The highest BCUT2D eigenvalue weighted by Crippen LogP contribution is 2.40. The Morgan fingerprint density at radius 2 is 2.00 bits per heavy atom. The zero-order valence-electron chi connectivity index (χ0n) is 12.6. The minimum atomic E-state index is -0.315. The van der Waals surface area contributed by atoms with Gasteiger partial charge < -0.3 is 15.0 Å². The molecule has 0 spiro atoms. The van der Waals surface area contributed by atoms with E-state index in [4.69, 9.17) is 15.0 Å². The molecule has 0 amide bonds. The maximum atomic E-state index is 12.5. The Hall–Kier alpha value is -2.72. The van der Waals surface area contributed by atoms with Crippen molar-refractivity contribution in [3.05, 3.63) is 34.5 Å². The normalized spacial score (nSPS) is 13.8. The van der Waals surface area contributed by atoms with Crippen molar-refractivity contribution in [3.63, 3.8) is 0 Å². The van der Waals surface area contributed by atoms with Gasteiger partial charge in [-0.1, -0.05) is 0 Å². The maximum absolute atomic E-state index is 12.5. The summed E-state index contributed by atoms with van der Waals surface area (Å²) < 4.78 is 10.8. The van der Waals surface area contributed by atoms with Crippen molar-refractivity contribution in [3.8, 4) is 11.6 Å². The first-order chi connectivity index (χ1) is 10.6. The number of ketones is 1. The minimum absolute atomic E-state index is 0.143. The van der Waals surface area contributed by atoms with Crippen molar-refractivity contribution in [2.45, 2.75) is 19.8 Å². The fourth-order valence-corrected chi connectivity index (χ4v) is 2.95. The van der Waals surface area contributed by atoms with Crippen molar-refractivity contribution in [2.24, 2.45) is 0 Å². The highest BCUT2D eigenvalue weighted by molar-refractivity contribution is 6.46. The molecule has 3 rings (SSSR count). The first-order valence-corrected chi connectivity index (χ1v) is 6.91. The van der Waals surface area contributed by atoms with Crippen molar-refractivity contribution < 1.29 is 19.1 Å². The summed E-state index contributed by atoms with van der Waals surface area (Å²) in [6.07, 6.45) is 1.04. The van der Waals surface area contributed by atoms with Gasteiger partial charge in [0.2, 0.25) is 5.88 Å². The number of aromatic nitrogens is 1. The third-order valence-corrected chi connectivity index (χ3v) is 3.89. The predicted octanol–water partition coefficient (Wildman–Crippen LogP) is 2.36. The van der Waals surface area contributed by atoms with Crippen molar-refractivity contribution in [1.82, 2.24) is 4.98 Å². The number of aryl methyl sites for hydroxylation is 2. The second-order valence-electron chi connectivity index (χ2n) is 5.19. The fourth-order valence-electron chi connectivity index (χ4n) is 2.95. The number of ether oxygens (including phenoxy) is 2. The van der Waals surface area contributed by atoms with Crippen LogP contribution in [-0.2, 0) is 6.42 Å². The third-order valence-electron chi connectivity index (χ3n) is 3.89. The molecule has 112 valence electrons. The van der Waals surface area contributed by atoms with Gasteiger partial charge in [-0.05, 0) is 36.4 Å². The summed E-state index contributed by atoms with van der Waals surface area (Å²) in [4.78, 5) is 20.0. The molecule has 1 aromatic carbocycles. The number of benzene rings is 1. The molecule has 0 unspecified atom stereocenters. The molecule has 0 radical (unpaired) electrons. The number of carbonyl (C=O) groups excluding carboxylic acids is 1. The Labute approximate surface area is 127 Å². The van der Waals surface area contributed by atoms with Crippen LogP contribution in [0.4, 0.5) is 0 Å². The van der Waals surface area contributed by atoms with Crippen LogP contribution in [0.3, 0.4) is 0 Å². The average Bonchev–Trinajstić information content (AvgIpc) is 2.52. The summed E-state index contributed by atoms with van der Waals surface area (Å²) in [5.74, 6) is 0.517. The summed E-state index contributed by atoms with van der Waals surface area (Å²) in [7, 11) is 3.04. The van der Waals surface area contributed by atoms with Crippen LogP contribution in [0.2, 0.25) is 0 Å². The van der Waals surface area contributed by atoms with Crippen LogP contribution in [0, 0.1) is 6.92 Å². The standard InChI is InChI=1S/C16H15N3O3/c1-8-6-10-7-9-4-5-11(19-17)14(20)12(9)15(21-2)13(10)16(18-8)22-3/h6-7H,4-5H2,1-3H3. The summed E-state index contributed by atoms with van der Waals surface area (Å²) in [6.45, 7) is 1.88. The molecule has 2 aromatic rings. The SMILES string of the molecule is COc1nc(C)cc2cc3c(c(OC)c12)C(=O)C(=[N+]=[N-])CC3. The van der Waals surface area contributed by atoms with Gasteiger partial charge >= 0.3 is 5.71 Å². The van der Waals surface area contributed by atoms with Crippen molar-refractivity contribution in [2.75, 3.05) is 14.2 Å². The molecule has 6 nitrogen and oxygen atoms in total. The fraction of sp³-hybridized carbons (Fsp3) is 0.312. The molecule has 0 aliphatic heterocycles. The number of pyridine rings is 1. The molecule has 22 heavy (non-hydrogen) atoms. The van der Waals surface area contributed by atoms with Crippen molar-refractivity contribution >= 4 is 22.3 Å². The van der Waals surface area contributed by atoms with E-state index in [2.05, 4.69) is 9.77 Å². The molecular weight excluding hydrogens is 282 g/mol. The van der Waals surface area contributed by atoms with Crippen LogP contribution in [0.15, 0.2) is 12.1 Å². The van der Waals surface area contributed by atoms with E-state index in [0.717, 1.165) is 16.6 Å². The van der Waals surface area contributed by atoms with Gasteiger partial charge in [-0.2, -0.15) is 4.79 Å². The van der Waals surface area contributed by atoms with Gasteiger partial charge in [0.25, 0.3) is 5.78 Å². The molecular formula is C16H15N3O3. The predicted molar refractivity (Wildman–Crippen MR) is 80.9 cm³/mol. The van der Waals surface area contributed by atoms with E-state index in [0.29, 0.717) is 35.4 Å². The number of carbonyl (C=O) groups is 1. The van der Waals surface area contributed by atoms with E-state index in [1.807, 2.05) is 19.1 Å². The summed E-state index contributed by atoms with van der Waals surface area (Å²) >= 11 is 0. The number of nitrogens with zero attached hydrogens (tertiary/aromatic N) is 3. The zero-order valence-corrected chi connectivity index (χ0v) is 12.6. The molecule has 1 aliphatic rings. The highest BCUT2D eigenvalue weighted by atomic mass is 16.5. The Bertz CT molecular complexity index is 852. The van der Waals surface area contributed by atoms with Crippen LogP contribution in [-0.4, -0.2) is 35.5 Å². The lowest BCUT2D eigenvalue weighted by Crippen LogP contribution is -2.24. The summed E-state index contributed by atoms with van der Waals surface area (Å²) in [6, 6.07) is 3.89. The second-order valence-corrected chi connectivity index (χ2v) is 5.19. The molecule has 0 saturated heterocycles. The first kappa shape index (κ1) is 14.2. The smallest absolute Gasteiger partial charge is 0.339 e. The number of methoxy groups -OCH3 is 2. The maximum Gasteiger partial charge on any atom is 0.339 e. The van der Waals surface area contributed by atoms with Gasteiger partial charge in [0, 0.05) is 5.69 Å². The summed E-state index contributed by atoms with van der Waals surface area (Å²) in [5.41, 5.74) is 11.3. The molecule has 1 aliphatic carbocycles. The largest absolute Gasteiger partial charge is 0.495 e. The lowest BCUT2D eigenvalue weighted by molar-refractivity contribution is -0.00948. The van der Waals surface area contributed by atoms with E-state index >= 15 is 0 Å². The quantitative estimate of drug-likeness (QED) is 0.629. The summed E-state index contributed by atoms with van der Waals surface area (Å²) in [5, 5.41) is 1.57. The Kier molecular flexibility index (Phi) is 3.39. The first-order valence-electron chi connectivity index (χ1n) is 6.91. The molecule has 0 fully saturated rings. The third kappa shape index (κ3) is 1.96. The molecule has 0 N–H and O–H groups in total. The van der Waals surface area contributed by atoms with Gasteiger partial charge in [0.15, 0.2) is 0 Å². The van der Waals surface area contributed by atoms with Crippen LogP contribution in [0.25, 0.3) is 16.3 Å². The molecule has 0 atom stereocenters. The Balaban J connectivity index is 2.45.